The van der Waals surface area contributed by atoms with Crippen molar-refractivity contribution in [1.29, 1.82) is 0 Å². The number of aryl methyl sites for hydroxylation is 1. The van der Waals surface area contributed by atoms with E-state index in [4.69, 9.17) is 4.74 Å². The van der Waals surface area contributed by atoms with Gasteiger partial charge in [-0.05, 0) is 37.6 Å². The summed E-state index contributed by atoms with van der Waals surface area (Å²) in [6, 6.07) is 12.7. The molecule has 2 aromatic carbocycles. The molecule has 28 heavy (non-hydrogen) atoms. The van der Waals surface area contributed by atoms with Crippen LogP contribution in [-0.2, 0) is 11.8 Å². The molecule has 2 N–H and O–H groups in total. The first-order valence-corrected chi connectivity index (χ1v) is 9.25. The molecule has 0 aliphatic carbocycles. The lowest BCUT2D eigenvalue weighted by Crippen LogP contribution is -2.24. The number of anilines is 1. The Bertz CT molecular complexity index is 1070. The summed E-state index contributed by atoms with van der Waals surface area (Å²) in [5.74, 6) is 0.906. The monoisotopic (exact) mass is 378 g/mol. The molecule has 2 amide bonds. The van der Waals surface area contributed by atoms with E-state index in [0.717, 1.165) is 22.2 Å². The number of hydrogen-bond acceptors (Lipinski definition) is 4. The number of carbonyl (C=O) groups excluding carboxylic acids is 2. The Balaban J connectivity index is 1.52. The van der Waals surface area contributed by atoms with Crippen molar-refractivity contribution in [3.8, 4) is 5.75 Å². The number of amides is 2. The van der Waals surface area contributed by atoms with E-state index in [0.29, 0.717) is 11.4 Å². The second-order valence-corrected chi connectivity index (χ2v) is 7.18. The molecule has 0 unspecified atom stereocenters. The first-order valence-electron chi connectivity index (χ1n) is 9.25. The summed E-state index contributed by atoms with van der Waals surface area (Å²) in [7, 11) is 1.82. The van der Waals surface area contributed by atoms with Crippen LogP contribution in [0.15, 0.2) is 42.5 Å². The summed E-state index contributed by atoms with van der Waals surface area (Å²) in [5.41, 5.74) is 2.35. The molecule has 0 saturated heterocycles. The summed E-state index contributed by atoms with van der Waals surface area (Å²) in [5, 5.41) is 11.0. The molecule has 0 spiro atoms. The summed E-state index contributed by atoms with van der Waals surface area (Å²) in [6.45, 7) is 3.94. The van der Waals surface area contributed by atoms with Crippen molar-refractivity contribution in [2.45, 2.75) is 32.4 Å². The van der Waals surface area contributed by atoms with Crippen LogP contribution in [0.3, 0.4) is 0 Å². The van der Waals surface area contributed by atoms with Crippen molar-refractivity contribution >= 4 is 28.5 Å². The second kappa shape index (κ2) is 6.99. The zero-order chi connectivity index (χ0) is 19.8. The molecule has 0 bridgehead atoms. The van der Waals surface area contributed by atoms with Gasteiger partial charge in [0.1, 0.15) is 5.75 Å². The maximum atomic E-state index is 12.6. The Kier molecular flexibility index (Phi) is 4.50. The third kappa shape index (κ3) is 3.31. The van der Waals surface area contributed by atoms with Gasteiger partial charge in [-0.1, -0.05) is 18.2 Å². The van der Waals surface area contributed by atoms with Gasteiger partial charge >= 0.3 is 0 Å². The molecule has 1 aliphatic rings. The first kappa shape index (κ1) is 18.0. The molecular weight excluding hydrogens is 356 g/mol. The van der Waals surface area contributed by atoms with Crippen LogP contribution in [0.5, 0.6) is 5.75 Å². The van der Waals surface area contributed by atoms with E-state index >= 15 is 0 Å². The molecule has 1 atom stereocenters. The third-order valence-electron chi connectivity index (χ3n) is 4.73. The quantitative estimate of drug-likeness (QED) is 0.714. The van der Waals surface area contributed by atoms with Crippen LogP contribution in [0.25, 0.3) is 10.9 Å². The van der Waals surface area contributed by atoms with E-state index < -0.39 is 0 Å². The molecule has 0 radical (unpaired) electrons. The summed E-state index contributed by atoms with van der Waals surface area (Å²) in [6.07, 6.45) is 0.226. The topological polar surface area (TPSA) is 85.2 Å². The van der Waals surface area contributed by atoms with Crippen LogP contribution in [-0.4, -0.2) is 27.7 Å². The molecule has 1 aromatic heterocycles. The highest BCUT2D eigenvalue weighted by molar-refractivity contribution is 6.02. The zero-order valence-electron chi connectivity index (χ0n) is 16.0. The number of rotatable bonds is 5. The largest absolute Gasteiger partial charge is 0.491 e. The number of aromatic nitrogens is 2. The Morgan fingerprint density at radius 1 is 1.29 bits per heavy atom. The smallest absolute Gasteiger partial charge is 0.252 e. The molecule has 0 saturated carbocycles. The average Bonchev–Trinajstić information content (AvgIpc) is 3.12. The molecule has 2 heterocycles. The van der Waals surface area contributed by atoms with Gasteiger partial charge < -0.3 is 15.4 Å². The normalized spacial score (nSPS) is 15.6. The van der Waals surface area contributed by atoms with E-state index in [1.165, 1.54) is 0 Å². The molecular formula is C21H22N4O3. The van der Waals surface area contributed by atoms with Gasteiger partial charge in [0.25, 0.3) is 5.91 Å². The molecule has 0 fully saturated rings. The zero-order valence-corrected chi connectivity index (χ0v) is 16.0. The fraction of sp³-hybridized carbons (Fsp3) is 0.286. The molecule has 7 nitrogen and oxygen atoms in total. The molecule has 4 rings (SSSR count). The summed E-state index contributed by atoms with van der Waals surface area (Å²) in [4.78, 5) is 24.6. The van der Waals surface area contributed by atoms with Crippen molar-refractivity contribution in [1.82, 2.24) is 15.1 Å². The number of fused-ring (bicyclic) bond motifs is 2. The minimum Gasteiger partial charge on any atom is -0.491 e. The van der Waals surface area contributed by atoms with Gasteiger partial charge in [-0.2, -0.15) is 5.10 Å². The van der Waals surface area contributed by atoms with E-state index in [2.05, 4.69) is 15.7 Å². The van der Waals surface area contributed by atoms with Gasteiger partial charge in [-0.25, -0.2) is 0 Å². The number of nitrogens with zero attached hydrogens (tertiary/aromatic N) is 2. The van der Waals surface area contributed by atoms with Crippen molar-refractivity contribution in [2.75, 3.05) is 5.32 Å². The Morgan fingerprint density at radius 2 is 2.07 bits per heavy atom. The van der Waals surface area contributed by atoms with Crippen LogP contribution in [0.1, 0.15) is 42.2 Å². The Labute approximate surface area is 162 Å². The van der Waals surface area contributed by atoms with Crippen molar-refractivity contribution < 1.29 is 14.3 Å². The van der Waals surface area contributed by atoms with Crippen molar-refractivity contribution in [3.63, 3.8) is 0 Å². The van der Waals surface area contributed by atoms with Gasteiger partial charge in [0.15, 0.2) is 5.82 Å². The fourth-order valence-electron chi connectivity index (χ4n) is 3.53. The average molecular weight is 378 g/mol. The lowest BCUT2D eigenvalue weighted by atomic mass is 10.0. The number of hydrogen-bond donors (Lipinski definition) is 2. The molecule has 1 aliphatic heterocycles. The summed E-state index contributed by atoms with van der Waals surface area (Å²) >= 11 is 0. The number of nitrogens with one attached hydrogen (secondary N) is 2. The lowest BCUT2D eigenvalue weighted by Gasteiger charge is -2.11. The summed E-state index contributed by atoms with van der Waals surface area (Å²) < 4.78 is 7.44. The molecule has 3 aromatic rings. The number of benzene rings is 2. The molecule has 144 valence electrons. The Hall–Kier alpha value is -3.35. The van der Waals surface area contributed by atoms with Crippen molar-refractivity contribution in [2.24, 2.45) is 7.05 Å². The van der Waals surface area contributed by atoms with Crippen LogP contribution in [0.4, 0.5) is 5.82 Å². The predicted octanol–water partition coefficient (Wildman–Crippen LogP) is 3.17. The van der Waals surface area contributed by atoms with Crippen molar-refractivity contribution in [3.05, 3.63) is 53.6 Å². The second-order valence-electron chi connectivity index (χ2n) is 7.18. The number of carbonyl (C=O) groups is 2. The van der Waals surface area contributed by atoms with Gasteiger partial charge in [0, 0.05) is 24.1 Å². The Morgan fingerprint density at radius 3 is 2.86 bits per heavy atom. The van der Waals surface area contributed by atoms with Gasteiger partial charge in [-0.3, -0.25) is 14.3 Å². The highest BCUT2D eigenvalue weighted by Gasteiger charge is 2.29. The van der Waals surface area contributed by atoms with Gasteiger partial charge in [-0.15, -0.1) is 0 Å². The van der Waals surface area contributed by atoms with Crippen LogP contribution in [0.2, 0.25) is 0 Å². The predicted molar refractivity (Wildman–Crippen MR) is 106 cm³/mol. The van der Waals surface area contributed by atoms with E-state index in [9.17, 15) is 9.59 Å². The van der Waals surface area contributed by atoms with E-state index in [1.54, 1.807) is 10.7 Å². The molecule has 7 heteroatoms. The highest BCUT2D eigenvalue weighted by atomic mass is 16.5. The maximum absolute atomic E-state index is 12.6. The lowest BCUT2D eigenvalue weighted by molar-refractivity contribution is -0.116. The minimum atomic E-state index is -0.329. The fourth-order valence-corrected chi connectivity index (χ4v) is 3.53. The van der Waals surface area contributed by atoms with Crippen LogP contribution >= 0.6 is 0 Å². The van der Waals surface area contributed by atoms with E-state index in [-0.39, 0.29) is 30.4 Å². The minimum absolute atomic E-state index is 0.0781. The van der Waals surface area contributed by atoms with E-state index in [1.807, 2.05) is 57.3 Å². The van der Waals surface area contributed by atoms with Gasteiger partial charge in [0.05, 0.1) is 24.1 Å². The van der Waals surface area contributed by atoms with Gasteiger partial charge in [0.2, 0.25) is 5.91 Å². The first-order chi connectivity index (χ1) is 13.4. The van der Waals surface area contributed by atoms with Crippen LogP contribution in [0, 0.1) is 0 Å². The maximum Gasteiger partial charge on any atom is 0.252 e. The standard InChI is InChI=1S/C21H22N4O3/c1-12(2)28-13-8-9-16-18(10-13)25(3)24-20(16)23-19(26)11-17-14-6-4-5-7-15(14)21(27)22-17/h4-10,12,17H,11H2,1-3H3,(H,22,27)(H,23,24,26)/t17-/m0/s1. The third-order valence-corrected chi connectivity index (χ3v) is 4.73. The highest BCUT2D eigenvalue weighted by Crippen LogP contribution is 2.30. The van der Waals surface area contributed by atoms with Crippen LogP contribution < -0.4 is 15.4 Å². The number of ether oxygens (including phenoxy) is 1. The SMILES string of the molecule is CC(C)Oc1ccc2c(NC(=O)C[C@@H]3NC(=O)c4ccccc43)nn(C)c2c1.